The molecule has 2 rings (SSSR count). The van der Waals surface area contributed by atoms with Crippen molar-refractivity contribution in [1.29, 1.82) is 0 Å². The third-order valence-corrected chi connectivity index (χ3v) is 3.28. The summed E-state index contributed by atoms with van der Waals surface area (Å²) in [6, 6.07) is 11.1. The second-order valence-corrected chi connectivity index (χ2v) is 4.99. The van der Waals surface area contributed by atoms with Crippen LogP contribution < -0.4 is 21.1 Å². The maximum absolute atomic E-state index is 11.8. The summed E-state index contributed by atoms with van der Waals surface area (Å²) >= 11 is 0. The Labute approximate surface area is 130 Å². The fraction of sp³-hybridized carbons (Fsp3) is 0.235. The first-order chi connectivity index (χ1) is 10.5. The number of ether oxygens (including phenoxy) is 1. The van der Waals surface area contributed by atoms with Crippen LogP contribution in [0.5, 0.6) is 5.75 Å². The van der Waals surface area contributed by atoms with Crippen LogP contribution in [0, 0.1) is 6.92 Å². The molecule has 0 aromatic heterocycles. The van der Waals surface area contributed by atoms with Crippen molar-refractivity contribution in [3.05, 3.63) is 47.5 Å². The molecule has 0 aliphatic carbocycles. The van der Waals surface area contributed by atoms with Crippen LogP contribution in [0.1, 0.15) is 22.8 Å². The lowest BCUT2D eigenvalue weighted by atomic mass is 10.1. The van der Waals surface area contributed by atoms with E-state index in [1.807, 2.05) is 32.0 Å². The van der Waals surface area contributed by atoms with Gasteiger partial charge in [-0.1, -0.05) is 6.07 Å². The van der Waals surface area contributed by atoms with Gasteiger partial charge < -0.3 is 21.1 Å². The minimum Gasteiger partial charge on any atom is -0.495 e. The topological polar surface area (TPSA) is 76.4 Å². The number of carbonyl (C=O) groups excluding carboxylic acids is 1. The van der Waals surface area contributed by atoms with Gasteiger partial charge in [-0.2, -0.15) is 0 Å². The summed E-state index contributed by atoms with van der Waals surface area (Å²) in [4.78, 5) is 11.8. The molecule has 0 saturated heterocycles. The molecule has 0 spiro atoms. The highest BCUT2D eigenvalue weighted by atomic mass is 16.5. The van der Waals surface area contributed by atoms with Gasteiger partial charge in [0.15, 0.2) is 0 Å². The largest absolute Gasteiger partial charge is 0.495 e. The van der Waals surface area contributed by atoms with E-state index in [9.17, 15) is 4.79 Å². The number of benzene rings is 2. The minimum absolute atomic E-state index is 0.131. The van der Waals surface area contributed by atoms with Gasteiger partial charge in [0, 0.05) is 12.1 Å². The second-order valence-electron chi connectivity index (χ2n) is 4.99. The number of aryl methyl sites for hydroxylation is 1. The molecule has 22 heavy (non-hydrogen) atoms. The average Bonchev–Trinajstić information content (AvgIpc) is 2.50. The van der Waals surface area contributed by atoms with Gasteiger partial charge >= 0.3 is 0 Å². The Morgan fingerprint density at radius 1 is 1.18 bits per heavy atom. The Morgan fingerprint density at radius 3 is 2.59 bits per heavy atom. The van der Waals surface area contributed by atoms with Gasteiger partial charge in [-0.05, 0) is 49.7 Å². The molecule has 0 aliphatic heterocycles. The number of rotatable bonds is 5. The van der Waals surface area contributed by atoms with Crippen molar-refractivity contribution >= 4 is 23.0 Å². The Kier molecular flexibility index (Phi) is 4.88. The predicted molar refractivity (Wildman–Crippen MR) is 89.9 cm³/mol. The number of hydrogen-bond donors (Lipinski definition) is 3. The Bertz CT molecular complexity index is 684. The van der Waals surface area contributed by atoms with E-state index in [-0.39, 0.29) is 5.91 Å². The molecule has 0 saturated carbocycles. The number of nitrogens with one attached hydrogen (secondary N) is 2. The number of nitrogen functional groups attached to an aromatic ring is 1. The summed E-state index contributed by atoms with van der Waals surface area (Å²) < 4.78 is 5.34. The average molecular weight is 299 g/mol. The predicted octanol–water partition coefficient (Wildman–Crippen LogP) is 3.08. The molecule has 2 aromatic rings. The van der Waals surface area contributed by atoms with Crippen LogP contribution >= 0.6 is 0 Å². The van der Waals surface area contributed by atoms with E-state index in [0.717, 1.165) is 22.7 Å². The van der Waals surface area contributed by atoms with Gasteiger partial charge in [0.1, 0.15) is 5.75 Å². The Morgan fingerprint density at radius 2 is 1.95 bits per heavy atom. The van der Waals surface area contributed by atoms with E-state index >= 15 is 0 Å². The molecule has 0 aliphatic rings. The molecule has 2 aromatic carbocycles. The summed E-state index contributed by atoms with van der Waals surface area (Å²) in [7, 11) is 1.62. The van der Waals surface area contributed by atoms with Crippen molar-refractivity contribution < 1.29 is 9.53 Å². The number of carbonyl (C=O) groups is 1. The third-order valence-electron chi connectivity index (χ3n) is 3.28. The van der Waals surface area contributed by atoms with E-state index in [4.69, 9.17) is 10.5 Å². The quantitative estimate of drug-likeness (QED) is 0.742. The smallest absolute Gasteiger partial charge is 0.251 e. The molecule has 1 amide bonds. The van der Waals surface area contributed by atoms with Gasteiger partial charge in [0.05, 0.1) is 24.2 Å². The van der Waals surface area contributed by atoms with Crippen molar-refractivity contribution in [2.24, 2.45) is 0 Å². The number of anilines is 3. The lowest BCUT2D eigenvalue weighted by Crippen LogP contribution is -2.22. The first kappa shape index (κ1) is 15.7. The van der Waals surface area contributed by atoms with E-state index in [1.165, 1.54) is 0 Å². The van der Waals surface area contributed by atoms with Gasteiger partial charge in [0.2, 0.25) is 0 Å². The molecule has 0 fully saturated rings. The molecule has 116 valence electrons. The van der Waals surface area contributed by atoms with Gasteiger partial charge in [-0.15, -0.1) is 0 Å². The van der Waals surface area contributed by atoms with Crippen LogP contribution in [-0.4, -0.2) is 19.6 Å². The lowest BCUT2D eigenvalue weighted by molar-refractivity contribution is 0.0956. The standard InChI is InChI=1S/C17H21N3O2/c1-4-19-17(21)12-6-7-14(13(18)10-12)20-15-9-11(2)5-8-16(15)22-3/h5-10,20H,4,18H2,1-3H3,(H,19,21). The molecular weight excluding hydrogens is 278 g/mol. The number of hydrogen-bond acceptors (Lipinski definition) is 4. The van der Waals surface area contributed by atoms with Gasteiger partial charge in [-0.25, -0.2) is 0 Å². The molecular formula is C17H21N3O2. The molecule has 0 radical (unpaired) electrons. The maximum Gasteiger partial charge on any atom is 0.251 e. The zero-order valence-electron chi connectivity index (χ0n) is 13.1. The van der Waals surface area contributed by atoms with Crippen molar-refractivity contribution in [2.45, 2.75) is 13.8 Å². The zero-order chi connectivity index (χ0) is 16.1. The number of nitrogens with two attached hydrogens (primary N) is 1. The van der Waals surface area contributed by atoms with Crippen molar-refractivity contribution in [2.75, 3.05) is 24.7 Å². The Hall–Kier alpha value is -2.69. The molecule has 0 unspecified atom stereocenters. The highest BCUT2D eigenvalue weighted by Gasteiger charge is 2.09. The molecule has 4 N–H and O–H groups in total. The van der Waals surface area contributed by atoms with Crippen molar-refractivity contribution in [1.82, 2.24) is 5.32 Å². The van der Waals surface area contributed by atoms with Crippen LogP contribution in [0.4, 0.5) is 17.1 Å². The summed E-state index contributed by atoms with van der Waals surface area (Å²) in [5, 5.41) is 6.00. The summed E-state index contributed by atoms with van der Waals surface area (Å²) in [6.45, 7) is 4.46. The van der Waals surface area contributed by atoms with Crippen LogP contribution in [-0.2, 0) is 0 Å². The molecule has 0 heterocycles. The molecule has 5 nitrogen and oxygen atoms in total. The van der Waals surface area contributed by atoms with Crippen molar-refractivity contribution in [3.63, 3.8) is 0 Å². The molecule has 5 heteroatoms. The van der Waals surface area contributed by atoms with Crippen LogP contribution in [0.3, 0.4) is 0 Å². The van der Waals surface area contributed by atoms with E-state index in [1.54, 1.807) is 25.3 Å². The van der Waals surface area contributed by atoms with E-state index in [2.05, 4.69) is 10.6 Å². The van der Waals surface area contributed by atoms with Crippen LogP contribution in [0.15, 0.2) is 36.4 Å². The lowest BCUT2D eigenvalue weighted by Gasteiger charge is -2.14. The number of methoxy groups -OCH3 is 1. The molecule has 0 bridgehead atoms. The van der Waals surface area contributed by atoms with Crippen LogP contribution in [0.2, 0.25) is 0 Å². The normalized spacial score (nSPS) is 10.1. The SMILES string of the molecule is CCNC(=O)c1ccc(Nc2cc(C)ccc2OC)c(N)c1. The van der Waals surface area contributed by atoms with Crippen molar-refractivity contribution in [3.8, 4) is 5.75 Å². The zero-order valence-corrected chi connectivity index (χ0v) is 13.1. The third kappa shape index (κ3) is 3.49. The minimum atomic E-state index is -0.131. The summed E-state index contributed by atoms with van der Waals surface area (Å²) in [6.07, 6.45) is 0. The number of amides is 1. The van der Waals surface area contributed by atoms with Gasteiger partial charge in [0.25, 0.3) is 5.91 Å². The molecule has 0 atom stereocenters. The maximum atomic E-state index is 11.8. The monoisotopic (exact) mass is 299 g/mol. The highest BCUT2D eigenvalue weighted by Crippen LogP contribution is 2.31. The second kappa shape index (κ2) is 6.85. The highest BCUT2D eigenvalue weighted by molar-refractivity contribution is 5.96. The van der Waals surface area contributed by atoms with Gasteiger partial charge in [-0.3, -0.25) is 4.79 Å². The van der Waals surface area contributed by atoms with Crippen LogP contribution in [0.25, 0.3) is 0 Å². The first-order valence-electron chi connectivity index (χ1n) is 7.14. The summed E-state index contributed by atoms with van der Waals surface area (Å²) in [5.74, 6) is 0.603. The van der Waals surface area contributed by atoms with E-state index < -0.39 is 0 Å². The fourth-order valence-corrected chi connectivity index (χ4v) is 2.15. The summed E-state index contributed by atoms with van der Waals surface area (Å²) in [5.41, 5.74) is 9.78. The first-order valence-corrected chi connectivity index (χ1v) is 7.14. The van der Waals surface area contributed by atoms with E-state index in [0.29, 0.717) is 17.8 Å². The fourth-order valence-electron chi connectivity index (χ4n) is 2.15. The Balaban J connectivity index is 2.27.